The smallest absolute Gasteiger partial charge is 0.373 e. The van der Waals surface area contributed by atoms with Gasteiger partial charge in [-0.1, -0.05) is 79.8 Å². The molecule has 0 bridgehead atoms. The van der Waals surface area contributed by atoms with Crippen LogP contribution in [0.5, 0.6) is 0 Å². The zero-order chi connectivity index (χ0) is 21.8. The zero-order valence-electron chi connectivity index (χ0n) is 18.4. The highest BCUT2D eigenvalue weighted by atomic mass is 32.1. The summed E-state index contributed by atoms with van der Waals surface area (Å²) in [6, 6.07) is 20.8. The molecule has 30 heavy (non-hydrogen) atoms. The first-order valence-electron chi connectivity index (χ1n) is 10.7. The van der Waals surface area contributed by atoms with E-state index < -0.39 is 8.80 Å². The topological polar surface area (TPSA) is 30.9 Å². The summed E-state index contributed by atoms with van der Waals surface area (Å²) in [5.41, 5.74) is 2.23. The molecule has 2 rings (SSSR count). The van der Waals surface area contributed by atoms with E-state index in [1.54, 1.807) is 0 Å². The Bertz CT molecular complexity index is 686. The van der Waals surface area contributed by atoms with E-state index in [2.05, 4.69) is 60.4 Å². The van der Waals surface area contributed by atoms with E-state index in [4.69, 9.17) is 25.5 Å². The molecule has 6 heteroatoms. The van der Waals surface area contributed by atoms with Crippen LogP contribution >= 0.6 is 12.2 Å². The van der Waals surface area contributed by atoms with Gasteiger partial charge in [0.05, 0.1) is 10.5 Å². The maximum atomic E-state index is 6.18. The van der Waals surface area contributed by atoms with Crippen molar-refractivity contribution in [2.75, 3.05) is 19.8 Å². The summed E-state index contributed by atoms with van der Waals surface area (Å²) in [4.78, 5) is 3.02. The van der Waals surface area contributed by atoms with Gasteiger partial charge in [-0.2, -0.15) is 0 Å². The number of hydrogen-bond acceptors (Lipinski definition) is 4. The number of thiocarbonyl (C=S) groups is 1. The first-order valence-corrected chi connectivity index (χ1v) is 12.9. The fourth-order valence-electron chi connectivity index (χ4n) is 3.52. The van der Waals surface area contributed by atoms with Crippen LogP contribution in [0.15, 0.2) is 60.7 Å². The van der Waals surface area contributed by atoms with Crippen LogP contribution < -0.4 is 0 Å². The number of rotatable bonds is 13. The molecule has 0 saturated heterocycles. The molecule has 1 radical (unpaired) electrons. The molecule has 0 aliphatic carbocycles. The summed E-state index contributed by atoms with van der Waals surface area (Å²) in [6.45, 7) is 13.1. The van der Waals surface area contributed by atoms with Crippen molar-refractivity contribution in [3.8, 4) is 0 Å². The minimum atomic E-state index is -3.03. The van der Waals surface area contributed by atoms with Gasteiger partial charge in [-0.15, -0.1) is 0 Å². The lowest BCUT2D eigenvalue weighted by atomic mass is 10.1. The lowest BCUT2D eigenvalue weighted by Crippen LogP contribution is -2.54. The Hall–Kier alpha value is -1.57. The first-order chi connectivity index (χ1) is 14.6. The van der Waals surface area contributed by atoms with Gasteiger partial charge in [0.2, 0.25) is 0 Å². The Morgan fingerprint density at radius 3 is 1.57 bits per heavy atom. The maximum absolute atomic E-state index is 6.18. The standard InChI is InChI=1S/C24H34NO3SSi/c1-5-23(30(26-6-2,27-7-3)28-8-4)24(29)25(19-21-15-11-9-12-16-21)20-22-17-13-10-14-18-22/h9-18,23H,1,5-8,19-20H2,2-4H3. The quantitative estimate of drug-likeness (QED) is 0.294. The summed E-state index contributed by atoms with van der Waals surface area (Å²) in [7, 11) is -3.03. The molecule has 1 atom stereocenters. The van der Waals surface area contributed by atoms with Crippen molar-refractivity contribution in [1.82, 2.24) is 4.90 Å². The zero-order valence-corrected chi connectivity index (χ0v) is 20.2. The van der Waals surface area contributed by atoms with Gasteiger partial charge < -0.3 is 18.2 Å². The Balaban J connectivity index is 2.38. The molecule has 1 unspecified atom stereocenters. The lowest BCUT2D eigenvalue weighted by molar-refractivity contribution is 0.0660. The van der Waals surface area contributed by atoms with Gasteiger partial charge >= 0.3 is 8.80 Å². The predicted octanol–water partition coefficient (Wildman–Crippen LogP) is 5.66. The van der Waals surface area contributed by atoms with Crippen LogP contribution in [0, 0.1) is 6.92 Å². The van der Waals surface area contributed by atoms with Gasteiger partial charge in [-0.25, -0.2) is 0 Å². The monoisotopic (exact) mass is 444 g/mol. The average Bonchev–Trinajstić information content (AvgIpc) is 2.76. The predicted molar refractivity (Wildman–Crippen MR) is 129 cm³/mol. The largest absolute Gasteiger partial charge is 0.511 e. The molecular weight excluding hydrogens is 410 g/mol. The molecule has 0 aliphatic heterocycles. The molecule has 0 heterocycles. The highest BCUT2D eigenvalue weighted by Crippen LogP contribution is 2.33. The normalized spacial score (nSPS) is 12.5. The Morgan fingerprint density at radius 2 is 1.23 bits per heavy atom. The highest BCUT2D eigenvalue weighted by Gasteiger charge is 2.51. The van der Waals surface area contributed by atoms with Crippen LogP contribution in [0.2, 0.25) is 5.54 Å². The lowest BCUT2D eigenvalue weighted by Gasteiger charge is -2.38. The van der Waals surface area contributed by atoms with E-state index in [0.717, 1.165) is 4.99 Å². The molecule has 0 spiro atoms. The van der Waals surface area contributed by atoms with E-state index >= 15 is 0 Å². The summed E-state index contributed by atoms with van der Waals surface area (Å²) in [6.07, 6.45) is 0.561. The SMILES string of the molecule is [CH2]CC(C(=S)N(Cc1ccccc1)Cc1ccccc1)[Si](OCC)(OCC)OCC. The molecule has 0 aromatic heterocycles. The first kappa shape index (κ1) is 24.7. The van der Waals surface area contributed by atoms with E-state index in [0.29, 0.717) is 39.3 Å². The maximum Gasteiger partial charge on any atom is 0.511 e. The number of hydrogen-bond donors (Lipinski definition) is 0. The third kappa shape index (κ3) is 6.72. The minimum Gasteiger partial charge on any atom is -0.373 e. The van der Waals surface area contributed by atoms with Crippen LogP contribution in [-0.2, 0) is 26.4 Å². The summed E-state index contributed by atoms with van der Waals surface area (Å²) < 4.78 is 18.5. The second-order valence-corrected chi connectivity index (χ2v) is 10.1. The van der Waals surface area contributed by atoms with Gasteiger partial charge in [0.1, 0.15) is 0 Å². The van der Waals surface area contributed by atoms with Crippen molar-refractivity contribution in [2.24, 2.45) is 0 Å². The Morgan fingerprint density at radius 1 is 0.833 bits per heavy atom. The third-order valence-corrected chi connectivity index (χ3v) is 9.04. The van der Waals surface area contributed by atoms with Gasteiger partial charge in [0.25, 0.3) is 0 Å². The van der Waals surface area contributed by atoms with Crippen LogP contribution in [0.3, 0.4) is 0 Å². The minimum absolute atomic E-state index is 0.181. The van der Waals surface area contributed by atoms with Gasteiger partial charge in [-0.05, 0) is 38.3 Å². The second kappa shape index (κ2) is 13.0. The number of nitrogens with zero attached hydrogens (tertiary/aromatic N) is 1. The van der Waals surface area contributed by atoms with Crippen molar-refractivity contribution >= 4 is 26.0 Å². The van der Waals surface area contributed by atoms with Gasteiger partial charge in [0, 0.05) is 32.9 Å². The van der Waals surface area contributed by atoms with E-state index in [9.17, 15) is 0 Å². The van der Waals surface area contributed by atoms with E-state index in [1.165, 1.54) is 11.1 Å². The van der Waals surface area contributed by atoms with E-state index in [1.807, 2.05) is 32.9 Å². The Labute approximate surface area is 188 Å². The van der Waals surface area contributed by atoms with Crippen LogP contribution in [0.1, 0.15) is 38.3 Å². The fraction of sp³-hybridized carbons (Fsp3) is 0.417. The molecular formula is C24H34NO3SSi. The molecule has 0 fully saturated rings. The molecule has 163 valence electrons. The van der Waals surface area contributed by atoms with E-state index in [-0.39, 0.29) is 5.54 Å². The van der Waals surface area contributed by atoms with Gasteiger partial charge in [-0.3, -0.25) is 0 Å². The molecule has 4 nitrogen and oxygen atoms in total. The van der Waals surface area contributed by atoms with Crippen molar-refractivity contribution < 1.29 is 13.3 Å². The van der Waals surface area contributed by atoms with Crippen LogP contribution in [0.25, 0.3) is 0 Å². The molecule has 0 aliphatic rings. The Kier molecular flexibility index (Phi) is 10.7. The highest BCUT2D eigenvalue weighted by molar-refractivity contribution is 7.80. The van der Waals surface area contributed by atoms with Crippen molar-refractivity contribution in [3.05, 3.63) is 78.7 Å². The fourth-order valence-corrected chi connectivity index (χ4v) is 7.10. The molecule has 0 amide bonds. The summed E-state index contributed by atoms with van der Waals surface area (Å²) >= 11 is 6.07. The molecule has 2 aromatic rings. The summed E-state index contributed by atoms with van der Waals surface area (Å²) in [5, 5.41) is 0. The summed E-state index contributed by atoms with van der Waals surface area (Å²) in [5.74, 6) is 0. The molecule has 2 aromatic carbocycles. The van der Waals surface area contributed by atoms with Crippen LogP contribution in [0.4, 0.5) is 0 Å². The van der Waals surface area contributed by atoms with Crippen LogP contribution in [-0.4, -0.2) is 38.5 Å². The van der Waals surface area contributed by atoms with Crippen molar-refractivity contribution in [1.29, 1.82) is 0 Å². The van der Waals surface area contributed by atoms with Crippen molar-refractivity contribution in [3.63, 3.8) is 0 Å². The molecule has 0 N–H and O–H groups in total. The van der Waals surface area contributed by atoms with Crippen molar-refractivity contribution in [2.45, 2.75) is 45.8 Å². The number of benzene rings is 2. The van der Waals surface area contributed by atoms with Gasteiger partial charge in [0.15, 0.2) is 0 Å². The molecule has 0 saturated carbocycles. The second-order valence-electron chi connectivity index (χ2n) is 6.91. The third-order valence-electron chi connectivity index (χ3n) is 4.79. The average molecular weight is 445 g/mol.